The first-order valence-electron chi connectivity index (χ1n) is 16.6. The van der Waals surface area contributed by atoms with E-state index in [1.807, 2.05) is 0 Å². The summed E-state index contributed by atoms with van der Waals surface area (Å²) < 4.78 is 53.9. The number of ether oxygens (including phenoxy) is 5. The summed E-state index contributed by atoms with van der Waals surface area (Å²) in [6.45, 7) is -0.797. The number of nitro groups is 1. The third kappa shape index (κ3) is 9.08. The van der Waals surface area contributed by atoms with Crippen molar-refractivity contribution in [3.63, 3.8) is 0 Å². The van der Waals surface area contributed by atoms with E-state index >= 15 is 0 Å². The summed E-state index contributed by atoms with van der Waals surface area (Å²) in [7, 11) is -2.62. The van der Waals surface area contributed by atoms with Crippen LogP contribution in [0.1, 0.15) is 16.7 Å². The van der Waals surface area contributed by atoms with Crippen LogP contribution >= 0.6 is 0 Å². The molecule has 2 atom stereocenters. The van der Waals surface area contributed by atoms with Crippen molar-refractivity contribution in [2.75, 3.05) is 19.5 Å². The van der Waals surface area contributed by atoms with Gasteiger partial charge >= 0.3 is 12.1 Å². The summed E-state index contributed by atoms with van der Waals surface area (Å²) in [6, 6.07) is 25.1. The fourth-order valence-corrected chi connectivity index (χ4v) is 7.83. The zero-order valence-corrected chi connectivity index (χ0v) is 29.9. The molecular weight excluding hydrogens is 738 g/mol. The average Bonchev–Trinajstić information content (AvgIpc) is 3.18. The number of nitro benzene ring substituents is 1. The first-order chi connectivity index (χ1) is 26.4. The van der Waals surface area contributed by atoms with Gasteiger partial charge in [-0.05, 0) is 53.1 Å². The largest absolute Gasteiger partial charge is 0.514 e. The molecule has 2 amide bonds. The highest BCUT2D eigenvalue weighted by Crippen LogP contribution is 2.38. The predicted octanol–water partition coefficient (Wildman–Crippen LogP) is 4.02. The van der Waals surface area contributed by atoms with Gasteiger partial charge in [-0.1, -0.05) is 54.6 Å². The van der Waals surface area contributed by atoms with Crippen LogP contribution in [0.4, 0.5) is 10.5 Å². The van der Waals surface area contributed by atoms with E-state index in [4.69, 9.17) is 23.7 Å². The summed E-state index contributed by atoms with van der Waals surface area (Å²) in [5, 5.41) is 11.8. The van der Waals surface area contributed by atoms with Crippen molar-refractivity contribution in [3.8, 4) is 17.2 Å². The lowest BCUT2D eigenvalue weighted by Crippen LogP contribution is -2.75. The van der Waals surface area contributed by atoms with Crippen LogP contribution in [0.15, 0.2) is 114 Å². The molecule has 0 radical (unpaired) electrons. The fraction of sp³-hybridized carbons (Fsp3) is 0.211. The molecule has 2 heterocycles. The predicted molar refractivity (Wildman–Crippen MR) is 192 cm³/mol. The van der Waals surface area contributed by atoms with Crippen molar-refractivity contribution in [1.82, 2.24) is 10.2 Å². The number of rotatable bonds is 14. The Morgan fingerprint density at radius 3 is 2.02 bits per heavy atom. The number of non-ortho nitro benzene ring substituents is 1. The molecule has 55 heavy (non-hydrogen) atoms. The van der Waals surface area contributed by atoms with E-state index in [9.17, 15) is 37.7 Å². The minimum absolute atomic E-state index is 0.0280. The van der Waals surface area contributed by atoms with Gasteiger partial charge in [0.2, 0.25) is 5.91 Å². The highest BCUT2D eigenvalue weighted by molar-refractivity contribution is 7.92. The molecule has 2 aliphatic rings. The SMILES string of the molecule is COc1ccc(COC(=O)C2=C(COc3ccc(COC(=O)Oc4ccc([N+](=O)[O-])cc4)cc3)CS(=O)(=O)C3C(NC(=O)Cc4ccccc4)C(=O)N23)cc1. The first kappa shape index (κ1) is 38.0. The second kappa shape index (κ2) is 16.5. The molecule has 4 aromatic carbocycles. The highest BCUT2D eigenvalue weighted by Gasteiger charge is 2.60. The quantitative estimate of drug-likeness (QED) is 0.0633. The first-order valence-corrected chi connectivity index (χ1v) is 18.3. The third-order valence-electron chi connectivity index (χ3n) is 8.55. The Balaban J connectivity index is 1.14. The Bertz CT molecular complexity index is 2230. The van der Waals surface area contributed by atoms with Crippen LogP contribution in [0, 0.1) is 10.1 Å². The third-order valence-corrected chi connectivity index (χ3v) is 10.5. The number of amides is 2. The summed E-state index contributed by atoms with van der Waals surface area (Å²) in [5.74, 6) is -2.05. The second-order valence-electron chi connectivity index (χ2n) is 12.3. The Morgan fingerprint density at radius 2 is 1.40 bits per heavy atom. The summed E-state index contributed by atoms with van der Waals surface area (Å²) in [5.41, 5.74) is 1.32. The fourth-order valence-electron chi connectivity index (χ4n) is 5.82. The molecule has 0 spiro atoms. The second-order valence-corrected chi connectivity index (χ2v) is 14.4. The van der Waals surface area contributed by atoms with E-state index in [-0.39, 0.29) is 48.1 Å². The Kier molecular flexibility index (Phi) is 11.4. The molecule has 0 aromatic heterocycles. The molecule has 6 rings (SSSR count). The monoisotopic (exact) mass is 771 g/mol. The van der Waals surface area contributed by atoms with Crippen LogP contribution in [0.3, 0.4) is 0 Å². The van der Waals surface area contributed by atoms with Gasteiger partial charge in [-0.2, -0.15) is 0 Å². The molecule has 1 N–H and O–H groups in total. The Labute approximate surface area is 314 Å². The molecule has 1 saturated heterocycles. The summed E-state index contributed by atoms with van der Waals surface area (Å²) >= 11 is 0. The van der Waals surface area contributed by atoms with Gasteiger partial charge in [0.05, 0.1) is 24.2 Å². The van der Waals surface area contributed by atoms with Crippen molar-refractivity contribution in [2.24, 2.45) is 0 Å². The maximum Gasteiger partial charge on any atom is 0.514 e. The lowest BCUT2D eigenvalue weighted by atomic mass is 10.0. The number of hydrogen-bond acceptors (Lipinski definition) is 13. The zero-order chi connectivity index (χ0) is 39.1. The number of hydrogen-bond donors (Lipinski definition) is 1. The maximum atomic E-state index is 13.6. The highest BCUT2D eigenvalue weighted by atomic mass is 32.2. The maximum absolute atomic E-state index is 13.6. The standard InChI is InChI=1S/C38H33N3O13S/c1-50-29-13-7-25(8-14-29)20-52-37(44)34-27(23-55(48,49)36-33(35(43)40(34)36)39-32(42)19-24-5-3-2-4-6-24)22-51-30-15-9-26(10-16-30)21-53-38(45)54-31-17-11-28(12-18-31)41(46)47/h2-18,33,36H,19-23H2,1H3,(H,39,42). The Morgan fingerprint density at radius 1 is 0.800 bits per heavy atom. The van der Waals surface area contributed by atoms with E-state index < -0.39 is 62.5 Å². The zero-order valence-electron chi connectivity index (χ0n) is 29.1. The molecule has 284 valence electrons. The molecule has 0 bridgehead atoms. The van der Waals surface area contributed by atoms with Crippen molar-refractivity contribution < 1.29 is 56.2 Å². The number of carbonyl (C=O) groups is 4. The number of β-lactam (4-membered cyclic amide) rings is 1. The molecule has 2 aliphatic heterocycles. The van der Waals surface area contributed by atoms with Crippen LogP contribution in [0.2, 0.25) is 0 Å². The van der Waals surface area contributed by atoms with Gasteiger partial charge in [-0.25, -0.2) is 18.0 Å². The van der Waals surface area contributed by atoms with Gasteiger partial charge in [-0.15, -0.1) is 0 Å². The number of methoxy groups -OCH3 is 1. The number of nitrogens with one attached hydrogen (secondary N) is 1. The van der Waals surface area contributed by atoms with E-state index in [0.717, 1.165) is 4.90 Å². The summed E-state index contributed by atoms with van der Waals surface area (Å²) in [4.78, 5) is 63.2. The van der Waals surface area contributed by atoms with Crippen molar-refractivity contribution in [1.29, 1.82) is 0 Å². The number of nitrogens with zero attached hydrogens (tertiary/aromatic N) is 2. The minimum Gasteiger partial charge on any atom is -0.497 e. The van der Waals surface area contributed by atoms with Crippen LogP contribution in [-0.4, -0.2) is 73.1 Å². The molecule has 2 unspecified atom stereocenters. The van der Waals surface area contributed by atoms with Gasteiger partial charge < -0.3 is 29.0 Å². The van der Waals surface area contributed by atoms with Crippen molar-refractivity contribution >= 4 is 39.5 Å². The number of sulfone groups is 1. The van der Waals surface area contributed by atoms with Gasteiger partial charge in [0.15, 0.2) is 15.2 Å². The van der Waals surface area contributed by atoms with E-state index in [2.05, 4.69) is 5.32 Å². The minimum atomic E-state index is -4.13. The number of esters is 1. The molecule has 17 heteroatoms. The normalized spacial score (nSPS) is 16.9. The topological polar surface area (TPSA) is 207 Å². The van der Waals surface area contributed by atoms with Crippen molar-refractivity contribution in [3.05, 3.63) is 141 Å². The molecule has 0 aliphatic carbocycles. The van der Waals surface area contributed by atoms with E-state index in [0.29, 0.717) is 22.4 Å². The number of fused-ring (bicyclic) bond motifs is 1. The van der Waals surface area contributed by atoms with E-state index in [1.54, 1.807) is 66.7 Å². The van der Waals surface area contributed by atoms with Gasteiger partial charge in [0.25, 0.3) is 11.6 Å². The molecule has 1 fully saturated rings. The van der Waals surface area contributed by atoms with Crippen LogP contribution in [0.25, 0.3) is 0 Å². The molecule has 16 nitrogen and oxygen atoms in total. The van der Waals surface area contributed by atoms with Crippen molar-refractivity contribution in [2.45, 2.75) is 31.1 Å². The van der Waals surface area contributed by atoms with E-state index in [1.165, 1.54) is 43.5 Å². The van der Waals surface area contributed by atoms with Crippen LogP contribution in [0.5, 0.6) is 17.2 Å². The van der Waals surface area contributed by atoms with Crippen LogP contribution < -0.4 is 19.5 Å². The lowest BCUT2D eigenvalue weighted by Gasteiger charge is -2.49. The van der Waals surface area contributed by atoms with Gasteiger partial charge in [0, 0.05) is 17.7 Å². The smallest absolute Gasteiger partial charge is 0.497 e. The summed E-state index contributed by atoms with van der Waals surface area (Å²) in [6.07, 6.45) is -1.12. The average molecular weight is 772 g/mol. The number of benzene rings is 4. The Hall–Kier alpha value is -6.75. The van der Waals surface area contributed by atoms with Gasteiger partial charge in [-0.3, -0.25) is 24.6 Å². The van der Waals surface area contributed by atoms with Crippen LogP contribution in [-0.2, 0) is 53.3 Å². The van der Waals surface area contributed by atoms with Gasteiger partial charge in [0.1, 0.15) is 48.8 Å². The lowest BCUT2D eigenvalue weighted by molar-refractivity contribution is -0.384. The molecule has 4 aromatic rings. The molecular formula is C38H33N3O13S. The molecule has 0 saturated carbocycles. The number of carbonyl (C=O) groups excluding carboxylic acids is 4.